The number of nitriles is 1. The molecule has 0 bridgehead atoms. The number of furan rings is 1. The molecule has 0 fully saturated rings. The molecule has 114 valence electrons. The van der Waals surface area contributed by atoms with E-state index in [1.807, 2.05) is 6.07 Å². The molecule has 0 unspecified atom stereocenters. The molecule has 3 aromatic rings. The smallest absolute Gasteiger partial charge is 0.340 e. The first-order valence-corrected chi connectivity index (χ1v) is 6.59. The predicted octanol–water partition coefficient (Wildman–Crippen LogP) is 3.82. The predicted molar refractivity (Wildman–Crippen MR) is 79.8 cm³/mol. The molecule has 0 radical (unpaired) electrons. The van der Waals surface area contributed by atoms with Crippen LogP contribution in [-0.2, 0) is 0 Å². The van der Waals surface area contributed by atoms with Crippen molar-refractivity contribution in [3.8, 4) is 23.1 Å². The highest BCUT2D eigenvalue weighted by atomic mass is 19.1. The van der Waals surface area contributed by atoms with E-state index in [1.165, 1.54) is 43.5 Å². The van der Waals surface area contributed by atoms with Crippen LogP contribution in [0.1, 0.15) is 15.9 Å². The van der Waals surface area contributed by atoms with Gasteiger partial charge >= 0.3 is 5.97 Å². The second kappa shape index (κ2) is 5.46. The van der Waals surface area contributed by atoms with Gasteiger partial charge in [0.1, 0.15) is 34.5 Å². The average Bonchev–Trinajstić information content (AvgIpc) is 2.92. The number of methoxy groups -OCH3 is 1. The van der Waals surface area contributed by atoms with E-state index in [0.29, 0.717) is 10.9 Å². The largest absolute Gasteiger partial charge is 0.495 e. The molecule has 23 heavy (non-hydrogen) atoms. The molecule has 0 spiro atoms. The molecule has 1 aromatic heterocycles. The maximum Gasteiger partial charge on any atom is 0.340 e. The highest BCUT2D eigenvalue weighted by molar-refractivity contribution is 6.08. The van der Waals surface area contributed by atoms with E-state index >= 15 is 0 Å². The van der Waals surface area contributed by atoms with Gasteiger partial charge in [-0.05, 0) is 30.3 Å². The molecule has 0 saturated carbocycles. The van der Waals surface area contributed by atoms with E-state index in [4.69, 9.17) is 14.4 Å². The Balaban J connectivity index is 2.34. The van der Waals surface area contributed by atoms with Crippen molar-refractivity contribution in [2.24, 2.45) is 0 Å². The fourth-order valence-electron chi connectivity index (χ4n) is 2.40. The molecule has 0 aliphatic heterocycles. The van der Waals surface area contributed by atoms with Crippen molar-refractivity contribution < 1.29 is 23.4 Å². The summed E-state index contributed by atoms with van der Waals surface area (Å²) in [5.74, 6) is -1.26. The third-order valence-electron chi connectivity index (χ3n) is 3.45. The van der Waals surface area contributed by atoms with Crippen LogP contribution in [0.4, 0.5) is 4.39 Å². The monoisotopic (exact) mass is 311 g/mol. The minimum absolute atomic E-state index is 0.0607. The summed E-state index contributed by atoms with van der Waals surface area (Å²) in [5, 5.41) is 18.9. The molecule has 0 saturated heterocycles. The Morgan fingerprint density at radius 3 is 2.57 bits per heavy atom. The summed E-state index contributed by atoms with van der Waals surface area (Å²) < 4.78 is 23.8. The van der Waals surface area contributed by atoms with Crippen LogP contribution >= 0.6 is 0 Å². The van der Waals surface area contributed by atoms with Crippen LogP contribution in [0.2, 0.25) is 0 Å². The number of hydrogen-bond acceptors (Lipinski definition) is 4. The lowest BCUT2D eigenvalue weighted by Gasteiger charge is -2.02. The van der Waals surface area contributed by atoms with Gasteiger partial charge in [-0.3, -0.25) is 0 Å². The Hall–Kier alpha value is -3.33. The summed E-state index contributed by atoms with van der Waals surface area (Å²) in [4.78, 5) is 11.7. The second-order valence-corrected chi connectivity index (χ2v) is 4.78. The first-order chi connectivity index (χ1) is 11.0. The lowest BCUT2D eigenvalue weighted by molar-refractivity contribution is 0.0699. The van der Waals surface area contributed by atoms with E-state index < -0.39 is 11.8 Å². The van der Waals surface area contributed by atoms with E-state index in [9.17, 15) is 14.3 Å². The van der Waals surface area contributed by atoms with Crippen LogP contribution in [-0.4, -0.2) is 18.2 Å². The fourth-order valence-corrected chi connectivity index (χ4v) is 2.40. The average molecular weight is 311 g/mol. The number of fused-ring (bicyclic) bond motifs is 1. The summed E-state index contributed by atoms with van der Waals surface area (Å²) in [6.45, 7) is 0. The molecule has 3 rings (SSSR count). The van der Waals surface area contributed by atoms with Gasteiger partial charge in [-0.1, -0.05) is 0 Å². The number of benzene rings is 2. The van der Waals surface area contributed by atoms with Crippen molar-refractivity contribution in [2.45, 2.75) is 0 Å². The molecule has 0 atom stereocenters. The van der Waals surface area contributed by atoms with Gasteiger partial charge in [0.05, 0.1) is 12.7 Å². The van der Waals surface area contributed by atoms with Crippen molar-refractivity contribution in [1.29, 1.82) is 5.26 Å². The van der Waals surface area contributed by atoms with E-state index in [0.717, 1.165) is 0 Å². The van der Waals surface area contributed by atoms with E-state index in [1.54, 1.807) is 0 Å². The number of carbonyl (C=O) groups is 1. The zero-order chi connectivity index (χ0) is 16.6. The lowest BCUT2D eigenvalue weighted by atomic mass is 10.0. The summed E-state index contributed by atoms with van der Waals surface area (Å²) in [6, 6.07) is 10.1. The van der Waals surface area contributed by atoms with Gasteiger partial charge in [0.2, 0.25) is 0 Å². The summed E-state index contributed by atoms with van der Waals surface area (Å²) in [5.41, 5.74) is 0.849. The molecule has 6 heteroatoms. The Morgan fingerprint density at radius 1 is 1.30 bits per heavy atom. The number of aromatic carboxylic acids is 1. The number of nitrogens with zero attached hydrogens (tertiary/aromatic N) is 1. The number of ether oxygens (including phenoxy) is 1. The lowest BCUT2D eigenvalue weighted by Crippen LogP contribution is -1.97. The molecule has 0 amide bonds. The summed E-state index contributed by atoms with van der Waals surface area (Å²) in [7, 11) is 1.39. The van der Waals surface area contributed by atoms with Gasteiger partial charge in [-0.25, -0.2) is 9.18 Å². The van der Waals surface area contributed by atoms with Crippen LogP contribution < -0.4 is 4.74 Å². The number of rotatable bonds is 3. The van der Waals surface area contributed by atoms with Crippen LogP contribution in [0.5, 0.6) is 5.75 Å². The fraction of sp³-hybridized carbons (Fsp3) is 0.0588. The van der Waals surface area contributed by atoms with E-state index in [-0.39, 0.29) is 28.2 Å². The maximum absolute atomic E-state index is 13.1. The molecular weight excluding hydrogens is 301 g/mol. The van der Waals surface area contributed by atoms with Gasteiger partial charge in [0.15, 0.2) is 0 Å². The van der Waals surface area contributed by atoms with Gasteiger partial charge in [0, 0.05) is 17.0 Å². The SMILES string of the molecule is COc1cc2c(C(=O)O)c(-c3ccc(F)cc3)oc2cc1C#N. The van der Waals surface area contributed by atoms with Gasteiger partial charge in [-0.2, -0.15) is 5.26 Å². The van der Waals surface area contributed by atoms with Crippen LogP contribution in [0.3, 0.4) is 0 Å². The highest BCUT2D eigenvalue weighted by Gasteiger charge is 2.23. The van der Waals surface area contributed by atoms with Crippen molar-refractivity contribution in [2.75, 3.05) is 7.11 Å². The van der Waals surface area contributed by atoms with Gasteiger partial charge in [0.25, 0.3) is 0 Å². The third-order valence-corrected chi connectivity index (χ3v) is 3.45. The Labute approximate surface area is 130 Å². The minimum atomic E-state index is -1.19. The molecule has 0 aliphatic rings. The number of carboxylic acids is 1. The standard InChI is InChI=1S/C17H10FNO4/c1-22-13-7-12-14(6-10(13)8-19)23-16(15(12)17(20)21)9-2-4-11(18)5-3-9/h2-7H,1H3,(H,20,21). The first-order valence-electron chi connectivity index (χ1n) is 6.59. The Bertz CT molecular complexity index is 951. The zero-order valence-corrected chi connectivity index (χ0v) is 12.0. The van der Waals surface area contributed by atoms with E-state index in [2.05, 4.69) is 0 Å². The van der Waals surface area contributed by atoms with Crippen molar-refractivity contribution in [1.82, 2.24) is 0 Å². The second-order valence-electron chi connectivity index (χ2n) is 4.78. The third kappa shape index (κ3) is 2.38. The molecule has 1 N–H and O–H groups in total. The first kappa shape index (κ1) is 14.6. The Kier molecular flexibility index (Phi) is 3.47. The summed E-state index contributed by atoms with van der Waals surface area (Å²) >= 11 is 0. The zero-order valence-electron chi connectivity index (χ0n) is 12.0. The summed E-state index contributed by atoms with van der Waals surface area (Å²) in [6.07, 6.45) is 0. The van der Waals surface area contributed by atoms with Crippen molar-refractivity contribution in [3.05, 3.63) is 53.3 Å². The topological polar surface area (TPSA) is 83.5 Å². The maximum atomic E-state index is 13.1. The van der Waals surface area contributed by atoms with Gasteiger partial charge < -0.3 is 14.3 Å². The van der Waals surface area contributed by atoms with Crippen molar-refractivity contribution >= 4 is 16.9 Å². The number of hydrogen-bond donors (Lipinski definition) is 1. The molecular formula is C17H10FNO4. The van der Waals surface area contributed by atoms with Crippen LogP contribution in [0.25, 0.3) is 22.3 Å². The molecule has 1 heterocycles. The quantitative estimate of drug-likeness (QED) is 0.795. The number of carboxylic acid groups (broad SMARTS) is 1. The van der Waals surface area contributed by atoms with Crippen LogP contribution in [0.15, 0.2) is 40.8 Å². The number of halogens is 1. The van der Waals surface area contributed by atoms with Crippen molar-refractivity contribution in [3.63, 3.8) is 0 Å². The Morgan fingerprint density at radius 2 is 2.00 bits per heavy atom. The molecule has 5 nitrogen and oxygen atoms in total. The normalized spacial score (nSPS) is 10.5. The molecule has 0 aliphatic carbocycles. The van der Waals surface area contributed by atoms with Gasteiger partial charge in [-0.15, -0.1) is 0 Å². The molecule has 2 aromatic carbocycles. The van der Waals surface area contributed by atoms with Crippen LogP contribution in [0, 0.1) is 17.1 Å². The minimum Gasteiger partial charge on any atom is -0.495 e. The highest BCUT2D eigenvalue weighted by Crippen LogP contribution is 2.37.